The molecule has 138 valence electrons. The number of carbonyl (C=O) groups excluding carboxylic acids is 1. The van der Waals surface area contributed by atoms with Crippen molar-refractivity contribution in [3.63, 3.8) is 0 Å². The Morgan fingerprint density at radius 3 is 2.54 bits per heavy atom. The molecule has 2 bridgehead atoms. The molecule has 2 N–H and O–H groups in total. The normalized spacial score (nSPS) is 33.0. The summed E-state index contributed by atoms with van der Waals surface area (Å²) in [6.07, 6.45) is 6.11. The summed E-state index contributed by atoms with van der Waals surface area (Å²) in [4.78, 5) is 17.2. The second-order valence-corrected chi connectivity index (χ2v) is 7.94. The largest absolute Gasteiger partial charge is 0.379 e. The van der Waals surface area contributed by atoms with E-state index in [-0.39, 0.29) is 6.03 Å². The Morgan fingerprint density at radius 1 is 1.21 bits per heavy atom. The van der Waals surface area contributed by atoms with Crippen molar-refractivity contribution in [2.45, 2.75) is 57.2 Å². The Bertz CT molecular complexity index is 400. The molecule has 0 aromatic rings. The molecule has 0 aromatic heterocycles. The van der Waals surface area contributed by atoms with Crippen LogP contribution in [-0.4, -0.2) is 80.4 Å². The first-order valence-corrected chi connectivity index (χ1v) is 9.68. The van der Waals surface area contributed by atoms with Gasteiger partial charge in [0.15, 0.2) is 0 Å². The Morgan fingerprint density at radius 2 is 1.88 bits per heavy atom. The zero-order chi connectivity index (χ0) is 16.9. The van der Waals surface area contributed by atoms with Gasteiger partial charge in [-0.25, -0.2) is 4.79 Å². The van der Waals surface area contributed by atoms with Crippen LogP contribution in [0.15, 0.2) is 0 Å². The zero-order valence-corrected chi connectivity index (χ0v) is 15.3. The SMILES string of the molecule is CC(CNC(=O)NC1CC2CCCC(C1)N2C)CN1CCOCC1. The minimum absolute atomic E-state index is 0.0106. The first kappa shape index (κ1) is 18.0. The van der Waals surface area contributed by atoms with Gasteiger partial charge in [0, 0.05) is 44.3 Å². The minimum Gasteiger partial charge on any atom is -0.379 e. The Kier molecular flexibility index (Phi) is 6.36. The van der Waals surface area contributed by atoms with Gasteiger partial charge in [0.25, 0.3) is 0 Å². The first-order valence-electron chi connectivity index (χ1n) is 9.68. The van der Waals surface area contributed by atoms with Crippen LogP contribution in [0.3, 0.4) is 0 Å². The van der Waals surface area contributed by atoms with Crippen molar-refractivity contribution in [3.8, 4) is 0 Å². The third-order valence-corrected chi connectivity index (χ3v) is 5.96. The van der Waals surface area contributed by atoms with Crippen molar-refractivity contribution in [3.05, 3.63) is 0 Å². The summed E-state index contributed by atoms with van der Waals surface area (Å²) in [6.45, 7) is 7.66. The number of hydrogen-bond donors (Lipinski definition) is 2. The summed E-state index contributed by atoms with van der Waals surface area (Å²) >= 11 is 0. The summed E-state index contributed by atoms with van der Waals surface area (Å²) in [5, 5.41) is 6.29. The smallest absolute Gasteiger partial charge is 0.315 e. The van der Waals surface area contributed by atoms with E-state index in [9.17, 15) is 4.79 Å². The van der Waals surface area contributed by atoms with Gasteiger partial charge >= 0.3 is 6.03 Å². The molecule has 0 spiro atoms. The molecule has 3 fully saturated rings. The van der Waals surface area contributed by atoms with Gasteiger partial charge < -0.3 is 20.3 Å². The van der Waals surface area contributed by atoms with E-state index in [0.717, 1.165) is 52.2 Å². The molecular weight excluding hydrogens is 304 g/mol. The second kappa shape index (κ2) is 8.50. The predicted octanol–water partition coefficient (Wildman–Crippen LogP) is 1.27. The molecule has 3 unspecified atom stereocenters. The maximum atomic E-state index is 12.2. The van der Waals surface area contributed by atoms with Crippen molar-refractivity contribution >= 4 is 6.03 Å². The topological polar surface area (TPSA) is 56.8 Å². The van der Waals surface area contributed by atoms with Crippen LogP contribution in [0.1, 0.15) is 39.0 Å². The average molecular weight is 338 g/mol. The minimum atomic E-state index is 0.0106. The van der Waals surface area contributed by atoms with E-state index in [0.29, 0.717) is 24.0 Å². The van der Waals surface area contributed by atoms with Gasteiger partial charge in [0.1, 0.15) is 0 Å². The monoisotopic (exact) mass is 338 g/mol. The molecule has 3 aliphatic rings. The highest BCUT2D eigenvalue weighted by atomic mass is 16.5. The van der Waals surface area contributed by atoms with Crippen LogP contribution in [0.4, 0.5) is 4.79 Å². The van der Waals surface area contributed by atoms with Crippen LogP contribution in [-0.2, 0) is 4.74 Å². The van der Waals surface area contributed by atoms with Gasteiger partial charge in [-0.15, -0.1) is 0 Å². The number of amides is 2. The molecular formula is C18H34N4O2. The lowest BCUT2D eigenvalue weighted by molar-refractivity contribution is 0.0318. The van der Waals surface area contributed by atoms with Crippen LogP contribution in [0.5, 0.6) is 0 Å². The maximum Gasteiger partial charge on any atom is 0.315 e. The van der Waals surface area contributed by atoms with Gasteiger partial charge in [-0.2, -0.15) is 0 Å². The van der Waals surface area contributed by atoms with E-state index in [4.69, 9.17) is 4.74 Å². The van der Waals surface area contributed by atoms with E-state index >= 15 is 0 Å². The van der Waals surface area contributed by atoms with E-state index in [1.165, 1.54) is 19.3 Å². The third kappa shape index (κ3) is 4.83. The molecule has 3 atom stereocenters. The van der Waals surface area contributed by atoms with Crippen molar-refractivity contribution in [2.75, 3.05) is 46.4 Å². The van der Waals surface area contributed by atoms with Gasteiger partial charge in [-0.3, -0.25) is 4.90 Å². The number of carbonyl (C=O) groups is 1. The van der Waals surface area contributed by atoms with Gasteiger partial charge in [-0.05, 0) is 38.6 Å². The van der Waals surface area contributed by atoms with E-state index < -0.39 is 0 Å². The number of nitrogens with zero attached hydrogens (tertiary/aromatic N) is 2. The van der Waals surface area contributed by atoms with Crippen molar-refractivity contribution in [1.82, 2.24) is 20.4 Å². The molecule has 24 heavy (non-hydrogen) atoms. The molecule has 0 aliphatic carbocycles. The fourth-order valence-corrected chi connectivity index (χ4v) is 4.53. The van der Waals surface area contributed by atoms with Crippen molar-refractivity contribution < 1.29 is 9.53 Å². The van der Waals surface area contributed by atoms with E-state index in [1.54, 1.807) is 0 Å². The summed E-state index contributed by atoms with van der Waals surface area (Å²) in [7, 11) is 2.25. The van der Waals surface area contributed by atoms with Gasteiger partial charge in [0.2, 0.25) is 0 Å². The fourth-order valence-electron chi connectivity index (χ4n) is 4.53. The summed E-state index contributed by atoms with van der Waals surface area (Å²) in [5.74, 6) is 0.464. The quantitative estimate of drug-likeness (QED) is 0.793. The molecule has 3 saturated heterocycles. The Balaban J connectivity index is 1.35. The molecule has 0 radical (unpaired) electrons. The molecule has 6 heteroatoms. The summed E-state index contributed by atoms with van der Waals surface area (Å²) in [5.41, 5.74) is 0. The molecule has 3 heterocycles. The van der Waals surface area contributed by atoms with E-state index in [1.807, 2.05) is 0 Å². The fraction of sp³-hybridized carbons (Fsp3) is 0.944. The lowest BCUT2D eigenvalue weighted by Gasteiger charge is -2.47. The van der Waals surface area contributed by atoms with Crippen LogP contribution < -0.4 is 10.6 Å². The van der Waals surface area contributed by atoms with Crippen LogP contribution in [0.25, 0.3) is 0 Å². The predicted molar refractivity (Wildman–Crippen MR) is 95.2 cm³/mol. The third-order valence-electron chi connectivity index (χ3n) is 5.96. The lowest BCUT2D eigenvalue weighted by atomic mass is 9.82. The van der Waals surface area contributed by atoms with E-state index in [2.05, 4.69) is 34.4 Å². The Labute approximate surface area is 146 Å². The number of morpholine rings is 1. The highest BCUT2D eigenvalue weighted by Gasteiger charge is 2.36. The lowest BCUT2D eigenvalue weighted by Crippen LogP contribution is -2.56. The highest BCUT2D eigenvalue weighted by Crippen LogP contribution is 2.32. The van der Waals surface area contributed by atoms with Crippen molar-refractivity contribution in [1.29, 1.82) is 0 Å². The standard InChI is InChI=1S/C18H34N4O2/c1-14(13-22-6-8-24-9-7-22)12-19-18(23)20-15-10-16-4-3-5-17(11-15)21(16)2/h14-17H,3-13H2,1-2H3,(H2,19,20,23). The number of piperidine rings is 2. The number of nitrogens with one attached hydrogen (secondary N) is 2. The maximum absolute atomic E-state index is 12.2. The first-order chi connectivity index (χ1) is 11.6. The summed E-state index contributed by atoms with van der Waals surface area (Å²) < 4.78 is 5.38. The molecule has 2 amide bonds. The number of ether oxygens (including phenoxy) is 1. The van der Waals surface area contributed by atoms with Crippen LogP contribution in [0, 0.1) is 5.92 Å². The van der Waals surface area contributed by atoms with Crippen molar-refractivity contribution in [2.24, 2.45) is 5.92 Å². The molecule has 6 nitrogen and oxygen atoms in total. The molecule has 3 aliphatic heterocycles. The second-order valence-electron chi connectivity index (χ2n) is 7.94. The molecule has 3 rings (SSSR count). The molecule has 0 saturated carbocycles. The molecule has 0 aromatic carbocycles. The Hall–Kier alpha value is -0.850. The zero-order valence-electron chi connectivity index (χ0n) is 15.3. The number of fused-ring (bicyclic) bond motifs is 2. The highest BCUT2D eigenvalue weighted by molar-refractivity contribution is 5.74. The number of rotatable bonds is 5. The van der Waals surface area contributed by atoms with Crippen LogP contribution >= 0.6 is 0 Å². The van der Waals surface area contributed by atoms with Gasteiger partial charge in [0.05, 0.1) is 13.2 Å². The summed E-state index contributed by atoms with van der Waals surface area (Å²) in [6, 6.07) is 1.66. The van der Waals surface area contributed by atoms with Gasteiger partial charge in [-0.1, -0.05) is 13.3 Å². The average Bonchev–Trinajstić information content (AvgIpc) is 2.55. The number of hydrogen-bond acceptors (Lipinski definition) is 4. The van der Waals surface area contributed by atoms with Crippen LogP contribution in [0.2, 0.25) is 0 Å². The number of urea groups is 1.